The Morgan fingerprint density at radius 1 is 1.09 bits per heavy atom. The Bertz CT molecular complexity index is 1960. The number of benzene rings is 3. The Morgan fingerprint density at radius 3 is 2.83 bits per heavy atom. The first-order valence-corrected chi connectivity index (χ1v) is 15.9. The Kier molecular flexibility index (Phi) is 8.07. The Balaban J connectivity index is 1.19. The number of aromatic nitrogens is 4. The molecule has 0 radical (unpaired) electrons. The van der Waals surface area contributed by atoms with E-state index in [0.717, 1.165) is 51.7 Å². The molecule has 4 heterocycles. The van der Waals surface area contributed by atoms with Gasteiger partial charge in [0.05, 0.1) is 24.3 Å². The third-order valence-electron chi connectivity index (χ3n) is 9.12. The highest BCUT2D eigenvalue weighted by molar-refractivity contribution is 5.93. The van der Waals surface area contributed by atoms with Crippen LogP contribution in [0.5, 0.6) is 0 Å². The molecular weight excluding hydrogens is 594 g/mol. The van der Waals surface area contributed by atoms with Crippen LogP contribution in [0.2, 0.25) is 0 Å². The van der Waals surface area contributed by atoms with Crippen LogP contribution in [-0.4, -0.2) is 60.2 Å². The number of H-pyrrole nitrogens is 1. The fourth-order valence-corrected chi connectivity index (χ4v) is 6.83. The van der Waals surface area contributed by atoms with Crippen molar-refractivity contribution >= 4 is 34.6 Å². The third kappa shape index (κ3) is 6.14. The molecule has 0 saturated carbocycles. The molecule has 0 aliphatic carbocycles. The molecule has 1 saturated heterocycles. The summed E-state index contributed by atoms with van der Waals surface area (Å²) in [5.41, 5.74) is 11.7. The van der Waals surface area contributed by atoms with E-state index in [1.807, 2.05) is 48.0 Å². The van der Waals surface area contributed by atoms with E-state index in [-0.39, 0.29) is 12.1 Å². The van der Waals surface area contributed by atoms with E-state index in [1.54, 1.807) is 40.4 Å². The summed E-state index contributed by atoms with van der Waals surface area (Å²) in [7, 11) is 0. The Labute approximate surface area is 271 Å². The quantitative estimate of drug-likeness (QED) is 0.188. The van der Waals surface area contributed by atoms with Gasteiger partial charge in [0.2, 0.25) is 5.91 Å². The maximum atomic E-state index is 14.3. The number of nitrogens with one attached hydrogen (secondary N) is 3. The highest BCUT2D eigenvalue weighted by Gasteiger charge is 2.37. The molecule has 2 aliphatic rings. The fraction of sp³-hybridized carbons (Fsp3) is 0.286. The zero-order chi connectivity index (χ0) is 32.5. The lowest BCUT2D eigenvalue weighted by atomic mass is 10.0. The highest BCUT2D eigenvalue weighted by atomic mass is 16.2. The van der Waals surface area contributed by atoms with Crippen LogP contribution in [0.1, 0.15) is 63.7 Å². The number of rotatable bonds is 8. The number of piperidine rings is 1. The van der Waals surface area contributed by atoms with Crippen molar-refractivity contribution in [2.75, 3.05) is 11.9 Å². The molecule has 5 N–H and O–H groups in total. The summed E-state index contributed by atoms with van der Waals surface area (Å²) in [5.74, 6) is 0.181. The number of anilines is 1. The molecule has 12 heteroatoms. The van der Waals surface area contributed by atoms with Crippen LogP contribution >= 0.6 is 0 Å². The molecule has 2 atom stereocenters. The van der Waals surface area contributed by atoms with E-state index in [2.05, 4.69) is 33.0 Å². The molecule has 0 bridgehead atoms. The van der Waals surface area contributed by atoms with Crippen LogP contribution in [0, 0.1) is 6.92 Å². The molecule has 5 amide bonds. The summed E-state index contributed by atoms with van der Waals surface area (Å²) in [6, 6.07) is 18.2. The van der Waals surface area contributed by atoms with Gasteiger partial charge < -0.3 is 25.8 Å². The summed E-state index contributed by atoms with van der Waals surface area (Å²) in [5, 5.41) is 14.6. The molecule has 2 aromatic heterocycles. The van der Waals surface area contributed by atoms with E-state index in [9.17, 15) is 14.4 Å². The minimum absolute atomic E-state index is 0.206. The van der Waals surface area contributed by atoms with Crippen LogP contribution in [0.25, 0.3) is 10.9 Å². The number of primary amides is 1. The van der Waals surface area contributed by atoms with Crippen molar-refractivity contribution in [2.24, 2.45) is 5.73 Å². The van der Waals surface area contributed by atoms with Crippen LogP contribution in [-0.2, 0) is 19.5 Å². The summed E-state index contributed by atoms with van der Waals surface area (Å²) in [6.07, 6.45) is 7.93. The minimum Gasteiger partial charge on any atom is -0.366 e. The summed E-state index contributed by atoms with van der Waals surface area (Å²) < 4.78 is 1.98. The molecule has 5 aromatic rings. The fourth-order valence-electron chi connectivity index (χ4n) is 6.83. The van der Waals surface area contributed by atoms with Gasteiger partial charge in [0.25, 0.3) is 0 Å². The molecule has 1 fully saturated rings. The summed E-state index contributed by atoms with van der Waals surface area (Å²) in [4.78, 5) is 47.7. The zero-order valence-corrected chi connectivity index (χ0v) is 26.1. The van der Waals surface area contributed by atoms with Gasteiger partial charge in [-0.15, -0.1) is 0 Å². The van der Waals surface area contributed by atoms with Gasteiger partial charge in [-0.2, -0.15) is 5.10 Å². The second kappa shape index (κ2) is 12.6. The van der Waals surface area contributed by atoms with Crippen molar-refractivity contribution in [1.29, 1.82) is 0 Å². The predicted octanol–water partition coefficient (Wildman–Crippen LogP) is 5.07. The van der Waals surface area contributed by atoms with E-state index >= 15 is 0 Å². The number of hydrogen-bond donors (Lipinski definition) is 4. The average molecular weight is 632 g/mol. The normalized spacial score (nSPS) is 16.9. The van der Waals surface area contributed by atoms with Crippen molar-refractivity contribution in [3.05, 3.63) is 113 Å². The number of likely N-dealkylation sites (tertiary alicyclic amines) is 1. The number of carbonyl (C=O) groups is 3. The van der Waals surface area contributed by atoms with Gasteiger partial charge in [-0.25, -0.2) is 14.6 Å². The second-order valence-corrected chi connectivity index (χ2v) is 12.3. The topological polar surface area (TPSA) is 154 Å². The number of urea groups is 2. The minimum atomic E-state index is -0.501. The van der Waals surface area contributed by atoms with Crippen LogP contribution in [0.15, 0.2) is 79.3 Å². The first kappa shape index (κ1) is 30.0. The Morgan fingerprint density at radius 2 is 1.96 bits per heavy atom. The lowest BCUT2D eigenvalue weighted by molar-refractivity contribution is 0.0574. The summed E-state index contributed by atoms with van der Waals surface area (Å²) >= 11 is 0. The van der Waals surface area contributed by atoms with Gasteiger partial charge in [-0.05, 0) is 79.1 Å². The van der Waals surface area contributed by atoms with Crippen molar-refractivity contribution in [1.82, 2.24) is 34.9 Å². The van der Waals surface area contributed by atoms with E-state index in [1.165, 1.54) is 0 Å². The van der Waals surface area contributed by atoms with Crippen molar-refractivity contribution in [2.45, 2.75) is 57.9 Å². The third-order valence-corrected chi connectivity index (χ3v) is 9.12. The maximum absolute atomic E-state index is 14.3. The number of aryl methyl sites for hydroxylation is 1. The number of para-hydroxylation sites is 1. The number of nitrogens with zero attached hydrogens (tertiary/aromatic N) is 5. The van der Waals surface area contributed by atoms with Crippen LogP contribution in [0.3, 0.4) is 0 Å². The molecule has 3 aromatic carbocycles. The number of fused-ring (bicyclic) bond motifs is 2. The molecule has 47 heavy (non-hydrogen) atoms. The van der Waals surface area contributed by atoms with Gasteiger partial charge in [0.1, 0.15) is 12.0 Å². The van der Waals surface area contributed by atoms with Crippen LogP contribution < -0.4 is 16.4 Å². The predicted molar refractivity (Wildman–Crippen MR) is 177 cm³/mol. The monoisotopic (exact) mass is 631 g/mol. The number of hydrogen-bond acceptors (Lipinski definition) is 5. The van der Waals surface area contributed by atoms with Gasteiger partial charge in [-0.1, -0.05) is 36.4 Å². The molecular formula is C35H37N9O3. The van der Waals surface area contributed by atoms with E-state index in [0.29, 0.717) is 43.9 Å². The lowest BCUT2D eigenvalue weighted by Crippen LogP contribution is -2.59. The van der Waals surface area contributed by atoms with Gasteiger partial charge >= 0.3 is 12.1 Å². The largest absolute Gasteiger partial charge is 0.366 e. The van der Waals surface area contributed by atoms with Crippen LogP contribution in [0.4, 0.5) is 15.3 Å². The maximum Gasteiger partial charge on any atom is 0.323 e. The van der Waals surface area contributed by atoms with Gasteiger partial charge in [-0.3, -0.25) is 14.8 Å². The molecule has 12 nitrogen and oxygen atoms in total. The van der Waals surface area contributed by atoms with Gasteiger partial charge in [0, 0.05) is 42.1 Å². The molecule has 2 unspecified atom stereocenters. The van der Waals surface area contributed by atoms with Crippen molar-refractivity contribution in [3.63, 3.8) is 0 Å². The SMILES string of the molecule is Cc1cc(CC(NC(=O)N2CCCCC2N2Cc3ccccc3NC2=O)c2nccn2Cc2cccc(C(N)=O)c2)cc2cn[nH]c12. The molecule has 240 valence electrons. The Hall–Kier alpha value is -5.65. The summed E-state index contributed by atoms with van der Waals surface area (Å²) in [6.45, 7) is 3.43. The number of imidazole rings is 1. The number of carbonyl (C=O) groups excluding carboxylic acids is 3. The van der Waals surface area contributed by atoms with E-state index < -0.39 is 18.1 Å². The van der Waals surface area contributed by atoms with Gasteiger partial charge in [0.15, 0.2) is 0 Å². The number of nitrogens with two attached hydrogens (primary N) is 1. The second-order valence-electron chi connectivity index (χ2n) is 12.3. The standard InChI is InChI=1S/C35H37N9O3/c1-22-15-24(17-27-19-38-41-31(22)27)18-29(33-37-12-14-42(33)20-23-7-6-9-25(16-23)32(36)45)40-34(46)43-13-5-4-11-30(43)44-21-26-8-2-3-10-28(26)39-35(44)47/h2-3,6-10,12,14-17,19,29-30H,4-5,11,13,18,20-21H2,1H3,(H2,36,45)(H,38,41)(H,39,47)(H,40,46). The first-order valence-electron chi connectivity index (χ1n) is 15.9. The van der Waals surface area contributed by atoms with E-state index in [4.69, 9.17) is 10.7 Å². The number of amides is 5. The average Bonchev–Trinajstić information content (AvgIpc) is 3.74. The smallest absolute Gasteiger partial charge is 0.323 e. The molecule has 0 spiro atoms. The van der Waals surface area contributed by atoms with Crippen molar-refractivity contribution < 1.29 is 14.4 Å². The highest BCUT2D eigenvalue weighted by Crippen LogP contribution is 2.30. The zero-order valence-electron chi connectivity index (χ0n) is 26.1. The molecule has 2 aliphatic heterocycles. The van der Waals surface area contributed by atoms with Crippen molar-refractivity contribution in [3.8, 4) is 0 Å². The number of aromatic amines is 1. The lowest BCUT2D eigenvalue weighted by Gasteiger charge is -2.44. The first-order chi connectivity index (χ1) is 22.8. The molecule has 7 rings (SSSR count).